The molecule has 0 spiro atoms. The third-order valence-electron chi connectivity index (χ3n) is 6.30. The molecule has 0 bridgehead atoms. The second kappa shape index (κ2) is 14.2. The fourth-order valence-corrected chi connectivity index (χ4v) is 4.13. The average molecular weight is 505 g/mol. The van der Waals surface area contributed by atoms with E-state index >= 15 is 0 Å². The number of carboxylic acids is 1. The first-order valence-electron chi connectivity index (χ1n) is 12.4. The number of phenols is 1. The monoisotopic (exact) mass is 504 g/mol. The van der Waals surface area contributed by atoms with Gasteiger partial charge in [-0.25, -0.2) is 4.79 Å². The Morgan fingerprint density at radius 2 is 1.89 bits per heavy atom. The van der Waals surface area contributed by atoms with Crippen LogP contribution >= 0.6 is 0 Å². The number of aliphatic hydroxyl groups excluding tert-OH is 3. The number of unbranched alkanes of at least 4 members (excludes halogenated alkanes) is 1. The molecule has 0 unspecified atom stereocenters. The van der Waals surface area contributed by atoms with Gasteiger partial charge in [0, 0.05) is 11.5 Å². The molecule has 1 aromatic carbocycles. The number of rotatable bonds is 13. The van der Waals surface area contributed by atoms with Gasteiger partial charge in [0.15, 0.2) is 6.29 Å². The van der Waals surface area contributed by atoms with Gasteiger partial charge in [-0.2, -0.15) is 0 Å². The molecule has 0 saturated carbocycles. The highest BCUT2D eigenvalue weighted by Crippen LogP contribution is 2.37. The summed E-state index contributed by atoms with van der Waals surface area (Å²) in [4.78, 5) is 12.3. The fourth-order valence-electron chi connectivity index (χ4n) is 4.13. The Hall–Kier alpha value is -2.65. The number of aliphatic hydroxyl groups is 3. The van der Waals surface area contributed by atoms with Gasteiger partial charge in [0.05, 0.1) is 19.3 Å². The van der Waals surface area contributed by atoms with Crippen molar-refractivity contribution in [3.05, 3.63) is 58.7 Å². The van der Waals surface area contributed by atoms with Crippen LogP contribution in [0.4, 0.5) is 0 Å². The quantitative estimate of drug-likeness (QED) is 0.202. The summed E-state index contributed by atoms with van der Waals surface area (Å²) in [5, 5.41) is 50.8. The molecule has 2 rings (SSSR count). The van der Waals surface area contributed by atoms with Crippen molar-refractivity contribution < 1.29 is 39.8 Å². The van der Waals surface area contributed by atoms with Crippen LogP contribution in [0, 0.1) is 5.92 Å². The van der Waals surface area contributed by atoms with E-state index in [1.807, 2.05) is 26.8 Å². The van der Waals surface area contributed by atoms with Crippen LogP contribution in [0.15, 0.2) is 42.0 Å². The third-order valence-corrected chi connectivity index (χ3v) is 6.30. The van der Waals surface area contributed by atoms with Gasteiger partial charge in [-0.15, -0.1) is 6.58 Å². The summed E-state index contributed by atoms with van der Waals surface area (Å²) in [6, 6.07) is 1.49. The van der Waals surface area contributed by atoms with Crippen LogP contribution in [-0.4, -0.2) is 63.2 Å². The molecule has 1 heterocycles. The van der Waals surface area contributed by atoms with Crippen molar-refractivity contribution in [1.29, 1.82) is 0 Å². The van der Waals surface area contributed by atoms with Crippen molar-refractivity contribution in [2.75, 3.05) is 13.2 Å². The lowest BCUT2D eigenvalue weighted by Gasteiger charge is -2.35. The summed E-state index contributed by atoms with van der Waals surface area (Å²) in [5.41, 5.74) is 3.09. The van der Waals surface area contributed by atoms with Crippen LogP contribution in [-0.2, 0) is 17.6 Å². The first-order chi connectivity index (χ1) is 17.1. The van der Waals surface area contributed by atoms with Crippen molar-refractivity contribution in [3.8, 4) is 11.5 Å². The molecule has 1 fully saturated rings. The van der Waals surface area contributed by atoms with Gasteiger partial charge in [0.2, 0.25) is 0 Å². The van der Waals surface area contributed by atoms with Gasteiger partial charge >= 0.3 is 5.97 Å². The van der Waals surface area contributed by atoms with Gasteiger partial charge in [-0.05, 0) is 70.9 Å². The van der Waals surface area contributed by atoms with E-state index in [9.17, 15) is 30.3 Å². The largest absolute Gasteiger partial charge is 0.508 e. The van der Waals surface area contributed by atoms with Gasteiger partial charge in [0.25, 0.3) is 0 Å². The zero-order valence-electron chi connectivity index (χ0n) is 21.4. The SMILES string of the molecule is C=CCCCc1cc(O)c(C/C=C(\C)CCC=C(C)C)c(OC[C@H]2CO[C@H](O)[C@@H](O)[C@@H]2O)c1C(=O)O. The number of benzene rings is 1. The predicted octanol–water partition coefficient (Wildman–Crippen LogP) is 3.90. The van der Waals surface area contributed by atoms with Crippen molar-refractivity contribution in [2.24, 2.45) is 5.92 Å². The van der Waals surface area contributed by atoms with Gasteiger partial charge in [-0.3, -0.25) is 0 Å². The summed E-state index contributed by atoms with van der Waals surface area (Å²) in [7, 11) is 0. The van der Waals surface area contributed by atoms with Gasteiger partial charge in [-0.1, -0.05) is 29.4 Å². The predicted molar refractivity (Wildman–Crippen MR) is 137 cm³/mol. The summed E-state index contributed by atoms with van der Waals surface area (Å²) < 4.78 is 11.1. The Balaban J connectivity index is 2.40. The molecule has 0 amide bonds. The lowest BCUT2D eigenvalue weighted by Crippen LogP contribution is -2.51. The lowest BCUT2D eigenvalue weighted by molar-refractivity contribution is -0.242. The molecule has 5 N–H and O–H groups in total. The van der Waals surface area contributed by atoms with Crippen molar-refractivity contribution in [1.82, 2.24) is 0 Å². The molecule has 8 heteroatoms. The zero-order valence-corrected chi connectivity index (χ0v) is 21.4. The van der Waals surface area contributed by atoms with E-state index in [2.05, 4.69) is 12.7 Å². The highest BCUT2D eigenvalue weighted by atomic mass is 16.6. The molecule has 0 aromatic heterocycles. The summed E-state index contributed by atoms with van der Waals surface area (Å²) in [6.45, 7) is 9.52. The maximum Gasteiger partial charge on any atom is 0.339 e. The Kier molecular flexibility index (Phi) is 11.7. The summed E-state index contributed by atoms with van der Waals surface area (Å²) >= 11 is 0. The van der Waals surface area contributed by atoms with E-state index < -0.39 is 30.4 Å². The minimum atomic E-state index is -1.50. The molecular weight excluding hydrogens is 464 g/mol. The fraction of sp³-hybridized carbons (Fsp3) is 0.536. The molecule has 1 saturated heterocycles. The van der Waals surface area contributed by atoms with Crippen LogP contribution < -0.4 is 4.74 Å². The van der Waals surface area contributed by atoms with E-state index in [1.54, 1.807) is 6.08 Å². The maximum absolute atomic E-state index is 12.3. The van der Waals surface area contributed by atoms with Crippen molar-refractivity contribution >= 4 is 5.97 Å². The molecule has 1 aliphatic heterocycles. The lowest BCUT2D eigenvalue weighted by atomic mass is 9.94. The molecule has 8 nitrogen and oxygen atoms in total. The number of aryl methyl sites for hydroxylation is 1. The average Bonchev–Trinajstić information content (AvgIpc) is 2.81. The first-order valence-corrected chi connectivity index (χ1v) is 12.4. The van der Waals surface area contributed by atoms with E-state index in [4.69, 9.17) is 9.47 Å². The Morgan fingerprint density at radius 3 is 2.53 bits per heavy atom. The first kappa shape index (κ1) is 29.6. The van der Waals surface area contributed by atoms with Gasteiger partial charge < -0.3 is 35.0 Å². The molecule has 36 heavy (non-hydrogen) atoms. The van der Waals surface area contributed by atoms with Gasteiger partial charge in [0.1, 0.15) is 23.2 Å². The number of phenolic OH excluding ortho intramolecular Hbond substituents is 1. The van der Waals surface area contributed by atoms with Crippen LogP contribution in [0.2, 0.25) is 0 Å². The second-order valence-electron chi connectivity index (χ2n) is 9.57. The molecule has 1 aliphatic rings. The number of hydrogen-bond acceptors (Lipinski definition) is 7. The minimum absolute atomic E-state index is 0.0331. The smallest absolute Gasteiger partial charge is 0.339 e. The Labute approximate surface area is 213 Å². The molecule has 1 aromatic rings. The Morgan fingerprint density at radius 1 is 1.17 bits per heavy atom. The van der Waals surface area contributed by atoms with Crippen LogP contribution in [0.25, 0.3) is 0 Å². The van der Waals surface area contributed by atoms with Crippen LogP contribution in [0.3, 0.4) is 0 Å². The number of carbonyl (C=O) groups is 1. The molecule has 0 radical (unpaired) electrons. The van der Waals surface area contributed by atoms with Crippen LogP contribution in [0.5, 0.6) is 11.5 Å². The second-order valence-corrected chi connectivity index (χ2v) is 9.57. The number of allylic oxidation sites excluding steroid dienone is 5. The van der Waals surface area contributed by atoms with Crippen molar-refractivity contribution in [2.45, 2.75) is 77.8 Å². The maximum atomic E-state index is 12.3. The molecule has 4 atom stereocenters. The van der Waals surface area contributed by atoms with Crippen molar-refractivity contribution in [3.63, 3.8) is 0 Å². The van der Waals surface area contributed by atoms with E-state index in [-0.39, 0.29) is 36.7 Å². The number of hydrogen-bond donors (Lipinski definition) is 5. The Bertz CT molecular complexity index is 961. The highest BCUT2D eigenvalue weighted by molar-refractivity contribution is 5.94. The number of ether oxygens (including phenoxy) is 2. The zero-order chi connectivity index (χ0) is 26.8. The third kappa shape index (κ3) is 8.20. The highest BCUT2D eigenvalue weighted by Gasteiger charge is 2.38. The minimum Gasteiger partial charge on any atom is -0.508 e. The number of aromatic hydroxyl groups is 1. The molecular formula is C28H40O8. The van der Waals surface area contributed by atoms with E-state index in [1.165, 1.54) is 11.6 Å². The molecule has 200 valence electrons. The topological polar surface area (TPSA) is 137 Å². The number of carboxylic acid groups (broad SMARTS) is 1. The summed E-state index contributed by atoms with van der Waals surface area (Å²) in [6.07, 6.45) is 5.27. The van der Waals surface area contributed by atoms with E-state index in [0.29, 0.717) is 30.4 Å². The normalized spacial score (nSPS) is 22.2. The van der Waals surface area contributed by atoms with Crippen LogP contribution in [0.1, 0.15) is 67.9 Å². The standard InChI is InChI=1S/C28H40O8/c1-5-6-7-11-19-14-22(29)21(13-12-18(4)10-8-9-17(2)3)26(23(19)27(32)33)35-15-20-16-36-28(34)25(31)24(20)30/h5,9,12,14,20,24-25,28-31,34H,1,6-8,10-11,13,15-16H2,2-4H3,(H,32,33)/b18-12+/t20-,24+,25-,28-/m0/s1. The summed E-state index contributed by atoms with van der Waals surface area (Å²) in [5.74, 6) is -1.91. The molecule has 0 aliphatic carbocycles. The number of aromatic carboxylic acids is 1. The van der Waals surface area contributed by atoms with E-state index in [0.717, 1.165) is 18.4 Å².